The van der Waals surface area contributed by atoms with Crippen LogP contribution in [0.25, 0.3) is 0 Å². The van der Waals surface area contributed by atoms with Crippen LogP contribution < -0.4 is 5.32 Å². The standard InChI is InChI=1S/C11H21N3O/c1-13-4-6-14(7-5-13)11(15)9-12-8-10-2-3-10/h10,12H,2-9H2,1H3. The zero-order valence-electron chi connectivity index (χ0n) is 9.54. The fourth-order valence-electron chi connectivity index (χ4n) is 1.87. The lowest BCUT2D eigenvalue weighted by atomic mass is 10.3. The van der Waals surface area contributed by atoms with Gasteiger partial charge in [0.2, 0.25) is 5.91 Å². The number of amides is 1. The average Bonchev–Trinajstić information content (AvgIpc) is 3.02. The minimum absolute atomic E-state index is 0.267. The van der Waals surface area contributed by atoms with Crippen molar-refractivity contribution in [3.63, 3.8) is 0 Å². The highest BCUT2D eigenvalue weighted by Crippen LogP contribution is 2.27. The maximum atomic E-state index is 11.8. The largest absolute Gasteiger partial charge is 0.339 e. The van der Waals surface area contributed by atoms with Crippen molar-refractivity contribution in [1.29, 1.82) is 0 Å². The smallest absolute Gasteiger partial charge is 0.236 e. The molecule has 1 amide bonds. The van der Waals surface area contributed by atoms with Crippen molar-refractivity contribution in [2.45, 2.75) is 12.8 Å². The van der Waals surface area contributed by atoms with Gasteiger partial charge in [-0.25, -0.2) is 0 Å². The second-order valence-corrected chi connectivity index (χ2v) is 4.76. The van der Waals surface area contributed by atoms with Gasteiger partial charge in [-0.3, -0.25) is 4.79 Å². The molecular weight excluding hydrogens is 190 g/mol. The number of piperazine rings is 1. The van der Waals surface area contributed by atoms with Gasteiger partial charge in [-0.05, 0) is 32.4 Å². The van der Waals surface area contributed by atoms with Crippen molar-refractivity contribution in [3.8, 4) is 0 Å². The number of carbonyl (C=O) groups is 1. The van der Waals surface area contributed by atoms with E-state index in [1.54, 1.807) is 0 Å². The molecule has 1 saturated heterocycles. The van der Waals surface area contributed by atoms with Crippen molar-refractivity contribution in [3.05, 3.63) is 0 Å². The molecule has 0 aromatic rings. The van der Waals surface area contributed by atoms with Gasteiger partial charge in [0.1, 0.15) is 0 Å². The topological polar surface area (TPSA) is 35.6 Å². The first-order valence-corrected chi connectivity index (χ1v) is 5.93. The Morgan fingerprint density at radius 2 is 1.93 bits per heavy atom. The van der Waals surface area contributed by atoms with Crippen LogP contribution >= 0.6 is 0 Å². The van der Waals surface area contributed by atoms with Gasteiger partial charge in [-0.15, -0.1) is 0 Å². The second kappa shape index (κ2) is 4.94. The van der Waals surface area contributed by atoms with Gasteiger partial charge in [-0.1, -0.05) is 0 Å². The van der Waals surface area contributed by atoms with Crippen molar-refractivity contribution in [2.75, 3.05) is 46.3 Å². The van der Waals surface area contributed by atoms with Gasteiger partial charge < -0.3 is 15.1 Å². The summed E-state index contributed by atoms with van der Waals surface area (Å²) in [5.74, 6) is 1.12. The quantitative estimate of drug-likeness (QED) is 0.697. The lowest BCUT2D eigenvalue weighted by Crippen LogP contribution is -2.49. The summed E-state index contributed by atoms with van der Waals surface area (Å²) in [4.78, 5) is 16.0. The summed E-state index contributed by atoms with van der Waals surface area (Å²) >= 11 is 0. The molecule has 2 aliphatic rings. The molecule has 0 radical (unpaired) electrons. The van der Waals surface area contributed by atoms with Crippen molar-refractivity contribution >= 4 is 5.91 Å². The number of nitrogens with zero attached hydrogens (tertiary/aromatic N) is 2. The van der Waals surface area contributed by atoms with E-state index in [1.807, 2.05) is 4.90 Å². The highest BCUT2D eigenvalue weighted by atomic mass is 16.2. The van der Waals surface area contributed by atoms with E-state index in [-0.39, 0.29) is 5.91 Å². The molecular formula is C11H21N3O. The summed E-state index contributed by atoms with van der Waals surface area (Å²) < 4.78 is 0. The van der Waals surface area contributed by atoms with Gasteiger partial charge in [-0.2, -0.15) is 0 Å². The maximum Gasteiger partial charge on any atom is 0.236 e. The molecule has 0 atom stereocenters. The minimum atomic E-state index is 0.267. The fraction of sp³-hybridized carbons (Fsp3) is 0.909. The zero-order chi connectivity index (χ0) is 10.7. The molecule has 15 heavy (non-hydrogen) atoms. The fourth-order valence-corrected chi connectivity index (χ4v) is 1.87. The number of rotatable bonds is 4. The summed E-state index contributed by atoms with van der Waals surface area (Å²) in [5, 5.41) is 3.25. The van der Waals surface area contributed by atoms with Crippen LogP contribution in [0.3, 0.4) is 0 Å². The Labute approximate surface area is 91.6 Å². The monoisotopic (exact) mass is 211 g/mol. The molecule has 1 aliphatic carbocycles. The van der Waals surface area contributed by atoms with Crippen LogP contribution in [0.5, 0.6) is 0 Å². The van der Waals surface area contributed by atoms with E-state index in [4.69, 9.17) is 0 Å². The predicted octanol–water partition coefficient (Wildman–Crippen LogP) is -0.240. The predicted molar refractivity (Wildman–Crippen MR) is 59.7 cm³/mol. The van der Waals surface area contributed by atoms with Crippen LogP contribution in [0.4, 0.5) is 0 Å². The molecule has 1 aliphatic heterocycles. The van der Waals surface area contributed by atoms with E-state index in [1.165, 1.54) is 12.8 Å². The Morgan fingerprint density at radius 1 is 1.27 bits per heavy atom. The third-order valence-electron chi connectivity index (χ3n) is 3.26. The number of nitrogens with one attached hydrogen (secondary N) is 1. The van der Waals surface area contributed by atoms with Crippen LogP contribution in [0.1, 0.15) is 12.8 Å². The van der Waals surface area contributed by atoms with Crippen molar-refractivity contribution < 1.29 is 4.79 Å². The van der Waals surface area contributed by atoms with E-state index in [2.05, 4.69) is 17.3 Å². The molecule has 0 spiro atoms. The molecule has 1 saturated carbocycles. The summed E-state index contributed by atoms with van der Waals surface area (Å²) in [7, 11) is 2.10. The number of likely N-dealkylation sites (N-methyl/N-ethyl adjacent to an activating group) is 1. The van der Waals surface area contributed by atoms with Gasteiger partial charge in [0.15, 0.2) is 0 Å². The van der Waals surface area contributed by atoms with Gasteiger partial charge in [0, 0.05) is 26.2 Å². The van der Waals surface area contributed by atoms with Gasteiger partial charge in [0.05, 0.1) is 6.54 Å². The van der Waals surface area contributed by atoms with E-state index in [9.17, 15) is 4.79 Å². The van der Waals surface area contributed by atoms with Gasteiger partial charge >= 0.3 is 0 Å². The molecule has 2 rings (SSSR count). The zero-order valence-corrected chi connectivity index (χ0v) is 9.54. The highest BCUT2D eigenvalue weighted by molar-refractivity contribution is 5.78. The first kappa shape index (κ1) is 10.9. The number of hydrogen-bond donors (Lipinski definition) is 1. The van der Waals surface area contributed by atoms with Gasteiger partial charge in [0.25, 0.3) is 0 Å². The lowest BCUT2D eigenvalue weighted by molar-refractivity contribution is -0.131. The molecule has 1 heterocycles. The van der Waals surface area contributed by atoms with Crippen LogP contribution in [0, 0.1) is 5.92 Å². The number of carbonyl (C=O) groups excluding carboxylic acids is 1. The molecule has 1 N–H and O–H groups in total. The van der Waals surface area contributed by atoms with Crippen LogP contribution in [0.2, 0.25) is 0 Å². The summed E-state index contributed by atoms with van der Waals surface area (Å²) in [6.07, 6.45) is 2.69. The molecule has 4 heteroatoms. The Hall–Kier alpha value is -0.610. The van der Waals surface area contributed by atoms with Crippen LogP contribution in [-0.4, -0.2) is 62.0 Å². The molecule has 0 unspecified atom stereocenters. The molecule has 0 bridgehead atoms. The molecule has 86 valence electrons. The highest BCUT2D eigenvalue weighted by Gasteiger charge is 2.22. The van der Waals surface area contributed by atoms with E-state index < -0.39 is 0 Å². The Morgan fingerprint density at radius 3 is 2.53 bits per heavy atom. The third-order valence-corrected chi connectivity index (χ3v) is 3.26. The average molecular weight is 211 g/mol. The lowest BCUT2D eigenvalue weighted by Gasteiger charge is -2.32. The first-order valence-electron chi connectivity index (χ1n) is 5.93. The first-order chi connectivity index (χ1) is 7.25. The Balaban J connectivity index is 1.61. The summed E-state index contributed by atoms with van der Waals surface area (Å²) in [5.41, 5.74) is 0. The Bertz CT molecular complexity index is 220. The number of hydrogen-bond acceptors (Lipinski definition) is 3. The normalized spacial score (nSPS) is 23.1. The summed E-state index contributed by atoms with van der Waals surface area (Å²) in [6.45, 7) is 5.35. The maximum absolute atomic E-state index is 11.8. The minimum Gasteiger partial charge on any atom is -0.339 e. The molecule has 0 aromatic heterocycles. The second-order valence-electron chi connectivity index (χ2n) is 4.76. The van der Waals surface area contributed by atoms with Crippen LogP contribution in [-0.2, 0) is 4.79 Å². The Kier molecular flexibility index (Phi) is 3.59. The van der Waals surface area contributed by atoms with Crippen molar-refractivity contribution in [2.24, 2.45) is 5.92 Å². The van der Waals surface area contributed by atoms with Crippen molar-refractivity contribution in [1.82, 2.24) is 15.1 Å². The molecule has 2 fully saturated rings. The molecule has 0 aromatic carbocycles. The van der Waals surface area contributed by atoms with Crippen LogP contribution in [0.15, 0.2) is 0 Å². The van der Waals surface area contributed by atoms with E-state index in [0.29, 0.717) is 6.54 Å². The molecule has 4 nitrogen and oxygen atoms in total. The SMILES string of the molecule is CN1CCN(C(=O)CNCC2CC2)CC1. The third kappa shape index (κ3) is 3.47. The van der Waals surface area contributed by atoms with E-state index >= 15 is 0 Å². The van der Waals surface area contributed by atoms with E-state index in [0.717, 1.165) is 38.6 Å². The summed E-state index contributed by atoms with van der Waals surface area (Å²) in [6, 6.07) is 0.